The lowest BCUT2D eigenvalue weighted by atomic mass is 9.44. The maximum atomic E-state index is 12.3. The van der Waals surface area contributed by atoms with Crippen LogP contribution in [0.25, 0.3) is 0 Å². The number of ether oxygens (including phenoxy) is 3. The lowest BCUT2D eigenvalue weighted by molar-refractivity contribution is -0.273. The van der Waals surface area contributed by atoms with E-state index in [1.807, 2.05) is 0 Å². The van der Waals surface area contributed by atoms with Crippen molar-refractivity contribution in [1.29, 1.82) is 0 Å². The number of carbonyl (C=O) groups is 1. The zero-order valence-corrected chi connectivity index (χ0v) is 24.4. The van der Waals surface area contributed by atoms with Crippen LogP contribution in [0, 0.1) is 58.2 Å². The predicted molar refractivity (Wildman–Crippen MR) is 145 cm³/mol. The largest absolute Gasteiger partial charge is 0.446 e. The first-order valence-electron chi connectivity index (χ1n) is 15.8. The molecule has 6 aliphatic rings. The molecule has 4 aliphatic carbocycles. The molecule has 1 N–H and O–H groups in total. The van der Waals surface area contributed by atoms with Gasteiger partial charge in [0.1, 0.15) is 6.10 Å². The van der Waals surface area contributed by atoms with Crippen LogP contribution >= 0.6 is 0 Å². The molecule has 0 radical (unpaired) electrons. The van der Waals surface area contributed by atoms with E-state index in [4.69, 9.17) is 14.2 Å². The standard InChI is InChI=1S/C32H53NO4/c1-19(2)17-33-29(34)36-23-10-12-30(5)22(15-23)7-8-24-25(30)11-13-31(6)26(24)16-27-28(31)21(4)32(37-27)14-9-20(3)18-35-32/h19-28H,7-18H2,1-6H3,(H,33,34)/t20-,21+,22-,23+,24-,25+,26+,27+,28+,30+,31+,32-/m1/s1. The third-order valence-corrected chi connectivity index (χ3v) is 12.8. The van der Waals surface area contributed by atoms with Crippen LogP contribution in [0.4, 0.5) is 4.79 Å². The molecule has 1 spiro atoms. The highest BCUT2D eigenvalue weighted by molar-refractivity contribution is 5.67. The van der Waals surface area contributed by atoms with Gasteiger partial charge in [-0.2, -0.15) is 0 Å². The Bertz CT molecular complexity index is 867. The second kappa shape index (κ2) is 9.39. The number of hydrogen-bond acceptors (Lipinski definition) is 4. The number of fused-ring (bicyclic) bond motifs is 7. The van der Waals surface area contributed by atoms with Crippen molar-refractivity contribution in [3.8, 4) is 0 Å². The predicted octanol–water partition coefficient (Wildman–Crippen LogP) is 7.18. The summed E-state index contributed by atoms with van der Waals surface area (Å²) in [6, 6.07) is 0. The molecule has 2 heterocycles. The molecule has 1 amide bonds. The normalized spacial score (nSPS) is 52.8. The first-order valence-corrected chi connectivity index (χ1v) is 15.8. The Kier molecular flexibility index (Phi) is 6.70. The van der Waals surface area contributed by atoms with Crippen LogP contribution in [0.1, 0.15) is 106 Å². The van der Waals surface area contributed by atoms with Crippen molar-refractivity contribution in [2.45, 2.75) is 124 Å². The molecule has 0 aromatic rings. The third kappa shape index (κ3) is 4.19. The molecule has 37 heavy (non-hydrogen) atoms. The number of nitrogens with one attached hydrogen (secondary N) is 1. The van der Waals surface area contributed by atoms with Crippen molar-refractivity contribution < 1.29 is 19.0 Å². The summed E-state index contributed by atoms with van der Waals surface area (Å²) in [4.78, 5) is 12.3. The third-order valence-electron chi connectivity index (χ3n) is 12.8. The van der Waals surface area contributed by atoms with E-state index in [0.29, 0.717) is 53.1 Å². The van der Waals surface area contributed by atoms with Crippen LogP contribution in [0.3, 0.4) is 0 Å². The minimum absolute atomic E-state index is 0.0881. The SMILES string of the molecule is CC(C)CNC(=O)O[C@H]1CC[C@@]2(C)[C@H](CC[C@@H]3[C@@H]2CC[C@]2(C)[C@@H]4[C@H](C[C@@H]32)O[C@]2(CC[C@@H](C)CO2)[C@H]4C)C1. The molecule has 5 nitrogen and oxygen atoms in total. The highest BCUT2D eigenvalue weighted by Crippen LogP contribution is 2.71. The van der Waals surface area contributed by atoms with E-state index < -0.39 is 0 Å². The number of alkyl carbamates (subject to hydrolysis) is 1. The molecule has 4 saturated carbocycles. The smallest absolute Gasteiger partial charge is 0.407 e. The zero-order chi connectivity index (χ0) is 26.2. The van der Waals surface area contributed by atoms with Gasteiger partial charge in [-0.25, -0.2) is 4.79 Å². The van der Waals surface area contributed by atoms with Crippen molar-refractivity contribution in [2.75, 3.05) is 13.2 Å². The summed E-state index contributed by atoms with van der Waals surface area (Å²) >= 11 is 0. The fraction of sp³-hybridized carbons (Fsp3) is 0.969. The van der Waals surface area contributed by atoms with Crippen LogP contribution in [0.5, 0.6) is 0 Å². The molecule has 0 aromatic heterocycles. The first-order chi connectivity index (χ1) is 17.6. The van der Waals surface area contributed by atoms with Gasteiger partial charge in [0.25, 0.3) is 0 Å². The molecule has 0 unspecified atom stereocenters. The van der Waals surface area contributed by atoms with Gasteiger partial charge in [-0.1, -0.05) is 41.5 Å². The number of amides is 1. The summed E-state index contributed by atoms with van der Waals surface area (Å²) in [6.07, 6.45) is 12.5. The summed E-state index contributed by atoms with van der Waals surface area (Å²) in [6.45, 7) is 15.8. The Morgan fingerprint density at radius 1 is 0.973 bits per heavy atom. The Morgan fingerprint density at radius 3 is 2.49 bits per heavy atom. The Morgan fingerprint density at radius 2 is 1.76 bits per heavy atom. The molecular weight excluding hydrogens is 462 g/mol. The minimum atomic E-state index is -0.309. The number of rotatable bonds is 3. The number of hydrogen-bond donors (Lipinski definition) is 1. The summed E-state index contributed by atoms with van der Waals surface area (Å²) in [7, 11) is 0. The van der Waals surface area contributed by atoms with Crippen LogP contribution in [0.2, 0.25) is 0 Å². The van der Waals surface area contributed by atoms with Gasteiger partial charge in [0.2, 0.25) is 0 Å². The maximum absolute atomic E-state index is 12.3. The average Bonchev–Trinajstić information content (AvgIpc) is 3.30. The second-order valence-corrected chi connectivity index (χ2v) is 15.3. The molecule has 2 aliphatic heterocycles. The van der Waals surface area contributed by atoms with E-state index in [0.717, 1.165) is 43.6 Å². The van der Waals surface area contributed by atoms with Crippen LogP contribution in [0.15, 0.2) is 0 Å². The molecule has 210 valence electrons. The van der Waals surface area contributed by atoms with Crippen molar-refractivity contribution in [3.05, 3.63) is 0 Å². The Balaban J connectivity index is 1.13. The van der Waals surface area contributed by atoms with E-state index in [2.05, 4.69) is 46.9 Å². The van der Waals surface area contributed by atoms with Gasteiger partial charge in [-0.15, -0.1) is 0 Å². The van der Waals surface area contributed by atoms with Crippen molar-refractivity contribution in [3.63, 3.8) is 0 Å². The fourth-order valence-corrected chi connectivity index (χ4v) is 10.8. The quantitative estimate of drug-likeness (QED) is 0.432. The van der Waals surface area contributed by atoms with E-state index in [9.17, 15) is 4.79 Å². The molecule has 6 rings (SSSR count). The molecule has 0 aromatic carbocycles. The van der Waals surface area contributed by atoms with Gasteiger partial charge in [0.15, 0.2) is 5.79 Å². The molecule has 0 bridgehead atoms. The van der Waals surface area contributed by atoms with Gasteiger partial charge in [0, 0.05) is 18.9 Å². The lowest BCUT2D eigenvalue weighted by Gasteiger charge is -2.61. The molecule has 12 atom stereocenters. The summed E-state index contributed by atoms with van der Waals surface area (Å²) in [5.74, 6) is 5.06. The van der Waals surface area contributed by atoms with Gasteiger partial charge in [-0.05, 0) is 110 Å². The summed E-state index contributed by atoms with van der Waals surface area (Å²) in [5, 5.41) is 2.95. The monoisotopic (exact) mass is 515 g/mol. The molecule has 2 saturated heterocycles. The first kappa shape index (κ1) is 26.4. The maximum Gasteiger partial charge on any atom is 0.407 e. The Hall–Kier alpha value is -0.810. The van der Waals surface area contributed by atoms with E-state index >= 15 is 0 Å². The van der Waals surface area contributed by atoms with E-state index in [-0.39, 0.29) is 18.0 Å². The van der Waals surface area contributed by atoms with Gasteiger partial charge >= 0.3 is 6.09 Å². The summed E-state index contributed by atoms with van der Waals surface area (Å²) in [5.41, 5.74) is 0.783. The van der Waals surface area contributed by atoms with Crippen LogP contribution < -0.4 is 5.32 Å². The second-order valence-electron chi connectivity index (χ2n) is 15.3. The van der Waals surface area contributed by atoms with Crippen LogP contribution in [-0.4, -0.2) is 37.2 Å². The average molecular weight is 516 g/mol. The number of carbonyl (C=O) groups excluding carboxylic acids is 1. The lowest BCUT2D eigenvalue weighted by Crippen LogP contribution is -2.55. The van der Waals surface area contributed by atoms with Crippen LogP contribution in [-0.2, 0) is 14.2 Å². The van der Waals surface area contributed by atoms with Gasteiger partial charge in [-0.3, -0.25) is 0 Å². The van der Waals surface area contributed by atoms with Crippen molar-refractivity contribution in [2.24, 2.45) is 58.2 Å². The summed E-state index contributed by atoms with van der Waals surface area (Å²) < 4.78 is 19.4. The van der Waals surface area contributed by atoms with Gasteiger partial charge < -0.3 is 19.5 Å². The van der Waals surface area contributed by atoms with E-state index in [1.54, 1.807) is 0 Å². The molecule has 5 heteroatoms. The molecule has 6 fully saturated rings. The van der Waals surface area contributed by atoms with Crippen molar-refractivity contribution >= 4 is 6.09 Å². The van der Waals surface area contributed by atoms with Gasteiger partial charge in [0.05, 0.1) is 12.7 Å². The highest BCUT2D eigenvalue weighted by atomic mass is 16.7. The highest BCUT2D eigenvalue weighted by Gasteiger charge is 2.69. The fourth-order valence-electron chi connectivity index (χ4n) is 10.8. The minimum Gasteiger partial charge on any atom is -0.446 e. The molecular formula is C32H53NO4. The zero-order valence-electron chi connectivity index (χ0n) is 24.4. The van der Waals surface area contributed by atoms with Crippen molar-refractivity contribution in [1.82, 2.24) is 5.32 Å². The topological polar surface area (TPSA) is 56.8 Å². The van der Waals surface area contributed by atoms with E-state index in [1.165, 1.54) is 44.9 Å². The Labute approximate surface area is 225 Å².